The van der Waals surface area contributed by atoms with Gasteiger partial charge in [0.05, 0.1) is 0 Å². The standard InChI is InChI=1S/C19H18FN3O/c1-12-8-13(2)18(14(3)9-12)23-19(24)15(10-21)11-22-17-6-4-16(20)5-7-17/h4-9,11,22H,1-3H3,(H,23,24)/b15-11-. The van der Waals surface area contributed by atoms with Crippen molar-refractivity contribution < 1.29 is 9.18 Å². The average molecular weight is 323 g/mol. The molecule has 0 aliphatic rings. The maximum atomic E-state index is 12.9. The van der Waals surface area contributed by atoms with E-state index in [1.165, 1.54) is 30.5 Å². The van der Waals surface area contributed by atoms with Crippen molar-refractivity contribution in [2.24, 2.45) is 0 Å². The van der Waals surface area contributed by atoms with Gasteiger partial charge in [0, 0.05) is 17.6 Å². The molecule has 0 saturated carbocycles. The molecule has 2 aromatic rings. The molecule has 0 aliphatic carbocycles. The summed E-state index contributed by atoms with van der Waals surface area (Å²) in [5.41, 5.74) is 4.19. The lowest BCUT2D eigenvalue weighted by Gasteiger charge is -2.12. The van der Waals surface area contributed by atoms with E-state index in [1.54, 1.807) is 0 Å². The zero-order valence-electron chi connectivity index (χ0n) is 13.8. The third-order valence-corrected chi connectivity index (χ3v) is 3.51. The molecule has 0 spiro atoms. The highest BCUT2D eigenvalue weighted by Crippen LogP contribution is 2.22. The zero-order valence-corrected chi connectivity index (χ0v) is 13.8. The maximum absolute atomic E-state index is 12.9. The van der Waals surface area contributed by atoms with Gasteiger partial charge in [0.15, 0.2) is 0 Å². The lowest BCUT2D eigenvalue weighted by atomic mass is 10.0. The Labute approximate surface area is 140 Å². The number of halogens is 1. The summed E-state index contributed by atoms with van der Waals surface area (Å²) < 4.78 is 12.9. The summed E-state index contributed by atoms with van der Waals surface area (Å²) in [7, 11) is 0. The molecule has 1 amide bonds. The van der Waals surface area contributed by atoms with Crippen molar-refractivity contribution in [3.05, 3.63) is 70.7 Å². The number of anilines is 2. The van der Waals surface area contributed by atoms with Gasteiger partial charge in [0.25, 0.3) is 5.91 Å². The maximum Gasteiger partial charge on any atom is 0.267 e. The van der Waals surface area contributed by atoms with Gasteiger partial charge in [-0.3, -0.25) is 4.79 Å². The lowest BCUT2D eigenvalue weighted by Crippen LogP contribution is -2.16. The molecule has 0 aromatic heterocycles. The Hall–Kier alpha value is -3.13. The Morgan fingerprint density at radius 3 is 2.25 bits per heavy atom. The molecule has 0 bridgehead atoms. The number of amides is 1. The highest BCUT2D eigenvalue weighted by Gasteiger charge is 2.12. The van der Waals surface area contributed by atoms with Gasteiger partial charge >= 0.3 is 0 Å². The molecule has 0 radical (unpaired) electrons. The minimum Gasteiger partial charge on any atom is -0.360 e. The molecule has 0 atom stereocenters. The van der Waals surface area contributed by atoms with Gasteiger partial charge in [-0.25, -0.2) is 4.39 Å². The third-order valence-electron chi connectivity index (χ3n) is 3.51. The average Bonchev–Trinajstić information content (AvgIpc) is 2.53. The highest BCUT2D eigenvalue weighted by atomic mass is 19.1. The quantitative estimate of drug-likeness (QED) is 0.654. The number of hydrogen-bond donors (Lipinski definition) is 2. The topological polar surface area (TPSA) is 64.9 Å². The Kier molecular flexibility index (Phi) is 5.33. The number of aryl methyl sites for hydroxylation is 3. The molecule has 2 aromatic carbocycles. The van der Waals surface area contributed by atoms with Crippen LogP contribution in [0, 0.1) is 37.9 Å². The molecule has 122 valence electrons. The van der Waals surface area contributed by atoms with Crippen LogP contribution in [0.2, 0.25) is 0 Å². The molecule has 0 fully saturated rings. The van der Waals surface area contributed by atoms with Gasteiger partial charge in [-0.05, 0) is 56.2 Å². The lowest BCUT2D eigenvalue weighted by molar-refractivity contribution is -0.112. The summed E-state index contributed by atoms with van der Waals surface area (Å²) in [5, 5.41) is 14.8. The predicted molar refractivity (Wildman–Crippen MR) is 93.0 cm³/mol. The number of nitriles is 1. The van der Waals surface area contributed by atoms with E-state index in [0.717, 1.165) is 16.7 Å². The molecule has 2 N–H and O–H groups in total. The fourth-order valence-electron chi connectivity index (χ4n) is 2.41. The van der Waals surface area contributed by atoms with E-state index in [4.69, 9.17) is 0 Å². The molecule has 4 nitrogen and oxygen atoms in total. The zero-order chi connectivity index (χ0) is 17.7. The fourth-order valence-corrected chi connectivity index (χ4v) is 2.41. The summed E-state index contributed by atoms with van der Waals surface area (Å²) in [6.45, 7) is 5.79. The van der Waals surface area contributed by atoms with Crippen LogP contribution in [0.1, 0.15) is 16.7 Å². The van der Waals surface area contributed by atoms with Gasteiger partial charge in [0.1, 0.15) is 17.5 Å². The van der Waals surface area contributed by atoms with Gasteiger partial charge in [-0.15, -0.1) is 0 Å². The van der Waals surface area contributed by atoms with Crippen LogP contribution in [-0.2, 0) is 4.79 Å². The molecule has 0 saturated heterocycles. The van der Waals surface area contributed by atoms with Crippen LogP contribution >= 0.6 is 0 Å². The summed E-state index contributed by atoms with van der Waals surface area (Å²) in [6.07, 6.45) is 1.31. The molecule has 0 aliphatic heterocycles. The van der Waals surface area contributed by atoms with E-state index in [1.807, 2.05) is 39.0 Å². The molecular weight excluding hydrogens is 305 g/mol. The number of nitrogens with one attached hydrogen (secondary N) is 2. The first kappa shape index (κ1) is 17.2. The first-order chi connectivity index (χ1) is 11.4. The minimum atomic E-state index is -0.498. The van der Waals surface area contributed by atoms with Crippen LogP contribution in [0.3, 0.4) is 0 Å². The Balaban J connectivity index is 2.16. The highest BCUT2D eigenvalue weighted by molar-refractivity contribution is 6.07. The van der Waals surface area contributed by atoms with Crippen molar-refractivity contribution >= 4 is 17.3 Å². The van der Waals surface area contributed by atoms with Crippen molar-refractivity contribution in [3.8, 4) is 6.07 Å². The Bertz CT molecular complexity index is 810. The number of benzene rings is 2. The largest absolute Gasteiger partial charge is 0.360 e. The first-order valence-corrected chi connectivity index (χ1v) is 7.42. The summed E-state index contributed by atoms with van der Waals surface area (Å²) in [5.74, 6) is -0.852. The smallest absolute Gasteiger partial charge is 0.267 e. The molecule has 24 heavy (non-hydrogen) atoms. The van der Waals surface area contributed by atoms with Crippen LogP contribution in [0.4, 0.5) is 15.8 Å². The first-order valence-electron chi connectivity index (χ1n) is 7.42. The van der Waals surface area contributed by atoms with Crippen molar-refractivity contribution in [1.82, 2.24) is 0 Å². The van der Waals surface area contributed by atoms with E-state index < -0.39 is 5.91 Å². The normalized spacial score (nSPS) is 10.9. The molecule has 2 rings (SSSR count). The van der Waals surface area contributed by atoms with Crippen LogP contribution in [-0.4, -0.2) is 5.91 Å². The van der Waals surface area contributed by atoms with E-state index in [0.29, 0.717) is 11.4 Å². The van der Waals surface area contributed by atoms with Gasteiger partial charge in [-0.1, -0.05) is 17.7 Å². The second-order valence-corrected chi connectivity index (χ2v) is 5.55. The molecule has 0 unspecified atom stereocenters. The monoisotopic (exact) mass is 323 g/mol. The SMILES string of the molecule is Cc1cc(C)c(NC(=O)/C(C#N)=C\Nc2ccc(F)cc2)c(C)c1. The number of carbonyl (C=O) groups excluding carboxylic acids is 1. The van der Waals surface area contributed by atoms with Crippen molar-refractivity contribution in [1.29, 1.82) is 5.26 Å². The molecular formula is C19H18FN3O. The van der Waals surface area contributed by atoms with E-state index in [9.17, 15) is 14.4 Å². The van der Waals surface area contributed by atoms with Crippen molar-refractivity contribution in [3.63, 3.8) is 0 Å². The van der Waals surface area contributed by atoms with Gasteiger partial charge in [-0.2, -0.15) is 5.26 Å². The number of nitrogens with zero attached hydrogens (tertiary/aromatic N) is 1. The second-order valence-electron chi connectivity index (χ2n) is 5.55. The van der Waals surface area contributed by atoms with Gasteiger partial charge in [0.2, 0.25) is 0 Å². The Morgan fingerprint density at radius 1 is 1.12 bits per heavy atom. The summed E-state index contributed by atoms with van der Waals surface area (Å²) in [4.78, 5) is 12.3. The minimum absolute atomic E-state index is 0.0706. The van der Waals surface area contributed by atoms with Gasteiger partial charge < -0.3 is 10.6 Å². The number of rotatable bonds is 4. The van der Waals surface area contributed by atoms with Crippen LogP contribution in [0.15, 0.2) is 48.2 Å². The second kappa shape index (κ2) is 7.42. The van der Waals surface area contributed by atoms with Crippen molar-refractivity contribution in [2.45, 2.75) is 20.8 Å². The summed E-state index contributed by atoms with van der Waals surface area (Å²) >= 11 is 0. The van der Waals surface area contributed by atoms with Crippen LogP contribution in [0.5, 0.6) is 0 Å². The molecule has 0 heterocycles. The third kappa shape index (κ3) is 4.20. The van der Waals surface area contributed by atoms with E-state index in [2.05, 4.69) is 10.6 Å². The van der Waals surface area contributed by atoms with E-state index >= 15 is 0 Å². The molecule has 5 heteroatoms. The van der Waals surface area contributed by atoms with Crippen molar-refractivity contribution in [2.75, 3.05) is 10.6 Å². The Morgan fingerprint density at radius 2 is 1.71 bits per heavy atom. The van der Waals surface area contributed by atoms with E-state index in [-0.39, 0.29) is 11.4 Å². The van der Waals surface area contributed by atoms with Crippen LogP contribution in [0.25, 0.3) is 0 Å². The number of carbonyl (C=O) groups is 1. The predicted octanol–water partition coefficient (Wildman–Crippen LogP) is 4.21. The van der Waals surface area contributed by atoms with Crippen LogP contribution < -0.4 is 10.6 Å². The number of hydrogen-bond acceptors (Lipinski definition) is 3. The summed E-state index contributed by atoms with van der Waals surface area (Å²) in [6, 6.07) is 11.4. The fraction of sp³-hybridized carbons (Fsp3) is 0.158.